The molecule has 0 radical (unpaired) electrons. The maximum Gasteiger partial charge on any atom is 0.290 e. The Bertz CT molecular complexity index is 1110. The van der Waals surface area contributed by atoms with E-state index >= 15 is 0 Å². The van der Waals surface area contributed by atoms with Crippen LogP contribution in [0.1, 0.15) is 62.8 Å². The molecule has 2 amide bonds. The highest BCUT2D eigenvalue weighted by Gasteiger charge is 2.37. The lowest BCUT2D eigenvalue weighted by molar-refractivity contribution is -0.115. The Morgan fingerprint density at radius 2 is 1.60 bits per heavy atom. The van der Waals surface area contributed by atoms with E-state index in [2.05, 4.69) is 52.1 Å². The Morgan fingerprint density at radius 3 is 2.17 bits per heavy atom. The first-order valence-electron chi connectivity index (χ1n) is 10.2. The number of halogens is 1. The van der Waals surface area contributed by atoms with Gasteiger partial charge in [0.2, 0.25) is 0 Å². The summed E-state index contributed by atoms with van der Waals surface area (Å²) in [5, 5.41) is 2.56. The lowest BCUT2D eigenvalue weighted by atomic mass is 9.62. The molecule has 156 valence electrons. The molecule has 1 fully saturated rings. The maximum absolute atomic E-state index is 11.8. The van der Waals surface area contributed by atoms with Gasteiger partial charge in [-0.25, -0.2) is 0 Å². The minimum absolute atomic E-state index is 0.129. The van der Waals surface area contributed by atoms with Crippen LogP contribution in [0, 0.1) is 6.92 Å². The number of thioether (sulfide) groups is 1. The molecule has 2 aromatic rings. The van der Waals surface area contributed by atoms with Gasteiger partial charge >= 0.3 is 0 Å². The monoisotopic (exact) mass is 439 g/mol. The van der Waals surface area contributed by atoms with Crippen LogP contribution in [0.4, 0.5) is 4.79 Å². The van der Waals surface area contributed by atoms with E-state index in [-0.39, 0.29) is 22.0 Å². The number of hydrogen-bond acceptors (Lipinski definition) is 3. The molecular weight excluding hydrogens is 414 g/mol. The molecule has 1 aliphatic heterocycles. The van der Waals surface area contributed by atoms with Crippen molar-refractivity contribution in [2.75, 3.05) is 0 Å². The first kappa shape index (κ1) is 21.2. The summed E-state index contributed by atoms with van der Waals surface area (Å²) in [5.74, 6) is -0.361. The van der Waals surface area contributed by atoms with Crippen molar-refractivity contribution in [1.82, 2.24) is 5.32 Å². The summed E-state index contributed by atoms with van der Waals surface area (Å²) in [5.41, 5.74) is 7.28. The van der Waals surface area contributed by atoms with Crippen molar-refractivity contribution in [3.8, 4) is 11.1 Å². The highest BCUT2D eigenvalue weighted by molar-refractivity contribution is 8.18. The van der Waals surface area contributed by atoms with Gasteiger partial charge in [-0.05, 0) is 88.4 Å². The lowest BCUT2D eigenvalue weighted by Crippen LogP contribution is -2.34. The second kappa shape index (κ2) is 7.28. The van der Waals surface area contributed by atoms with Gasteiger partial charge < -0.3 is 0 Å². The largest absolute Gasteiger partial charge is 0.290 e. The van der Waals surface area contributed by atoms with Gasteiger partial charge in [0, 0.05) is 10.6 Å². The number of fused-ring (bicyclic) bond motifs is 1. The molecule has 0 atom stereocenters. The number of hydrogen-bond donors (Lipinski definition) is 1. The van der Waals surface area contributed by atoms with Crippen molar-refractivity contribution in [1.29, 1.82) is 0 Å². The molecule has 3 nitrogen and oxygen atoms in total. The van der Waals surface area contributed by atoms with Crippen LogP contribution in [-0.2, 0) is 15.6 Å². The Labute approximate surface area is 187 Å². The molecule has 2 aliphatic rings. The number of rotatable bonds is 2. The molecule has 0 spiro atoms. The van der Waals surface area contributed by atoms with E-state index in [4.69, 9.17) is 11.6 Å². The molecule has 0 aromatic heterocycles. The zero-order valence-electron chi connectivity index (χ0n) is 18.0. The molecule has 1 heterocycles. The third-order valence-electron chi connectivity index (χ3n) is 6.42. The summed E-state index contributed by atoms with van der Waals surface area (Å²) < 4.78 is 0. The lowest BCUT2D eigenvalue weighted by Gasteiger charge is -2.42. The standard InChI is InChI=1S/C25H26ClNO2S/c1-14-10-18-19(25(4,5)9-8-24(18,2)3)13-17(14)16-7-6-15(11-20(16)26)12-21-22(28)27-23(29)30-21/h6-7,10-13H,8-9H2,1-5H3,(H,27,28,29). The number of carbonyl (C=O) groups is 2. The van der Waals surface area contributed by atoms with E-state index in [1.807, 2.05) is 18.2 Å². The van der Waals surface area contributed by atoms with E-state index in [0.29, 0.717) is 9.93 Å². The highest BCUT2D eigenvalue weighted by Crippen LogP contribution is 2.48. The van der Waals surface area contributed by atoms with E-state index in [1.165, 1.54) is 23.1 Å². The second-order valence-corrected chi connectivity index (χ2v) is 11.0. The Morgan fingerprint density at radius 1 is 0.967 bits per heavy atom. The normalized spacial score (nSPS) is 20.9. The van der Waals surface area contributed by atoms with Crippen LogP contribution in [0.3, 0.4) is 0 Å². The molecule has 4 rings (SSSR count). The molecular formula is C25H26ClNO2S. The maximum atomic E-state index is 11.8. The molecule has 0 unspecified atom stereocenters. The zero-order valence-corrected chi connectivity index (χ0v) is 19.6. The van der Waals surface area contributed by atoms with Crippen LogP contribution in [0.15, 0.2) is 35.2 Å². The third-order valence-corrected chi connectivity index (χ3v) is 7.54. The van der Waals surface area contributed by atoms with Crippen LogP contribution < -0.4 is 5.32 Å². The Balaban J connectivity index is 1.77. The molecule has 0 bridgehead atoms. The third kappa shape index (κ3) is 3.72. The molecule has 5 heteroatoms. The minimum Gasteiger partial charge on any atom is -0.282 e. The van der Waals surface area contributed by atoms with Crippen LogP contribution in [0.5, 0.6) is 0 Å². The summed E-state index contributed by atoms with van der Waals surface area (Å²) in [4.78, 5) is 23.6. The van der Waals surface area contributed by atoms with E-state index < -0.39 is 0 Å². The van der Waals surface area contributed by atoms with E-state index in [0.717, 1.165) is 34.9 Å². The summed E-state index contributed by atoms with van der Waals surface area (Å²) in [6.07, 6.45) is 4.05. The van der Waals surface area contributed by atoms with Crippen LogP contribution in [0.25, 0.3) is 17.2 Å². The number of nitrogens with one attached hydrogen (secondary N) is 1. The summed E-state index contributed by atoms with van der Waals surface area (Å²) in [7, 11) is 0. The van der Waals surface area contributed by atoms with Gasteiger partial charge in [-0.1, -0.05) is 57.5 Å². The molecule has 1 saturated heterocycles. The molecule has 1 aliphatic carbocycles. The zero-order chi connectivity index (χ0) is 21.8. The average Bonchev–Trinajstić information content (AvgIpc) is 2.96. The van der Waals surface area contributed by atoms with Gasteiger partial charge in [0.05, 0.1) is 4.91 Å². The quantitative estimate of drug-likeness (QED) is 0.513. The van der Waals surface area contributed by atoms with Crippen LogP contribution in [-0.4, -0.2) is 11.1 Å². The van der Waals surface area contributed by atoms with Gasteiger partial charge in [0.1, 0.15) is 0 Å². The first-order chi connectivity index (χ1) is 14.0. The van der Waals surface area contributed by atoms with Crippen molar-refractivity contribution >= 4 is 40.6 Å². The number of carbonyl (C=O) groups excluding carboxylic acids is 2. The predicted molar refractivity (Wildman–Crippen MR) is 126 cm³/mol. The van der Waals surface area contributed by atoms with Crippen molar-refractivity contribution in [3.63, 3.8) is 0 Å². The van der Waals surface area contributed by atoms with Crippen molar-refractivity contribution < 1.29 is 9.59 Å². The average molecular weight is 440 g/mol. The Kier molecular flexibility index (Phi) is 5.14. The number of imide groups is 1. The van der Waals surface area contributed by atoms with Gasteiger partial charge in [-0.3, -0.25) is 14.9 Å². The highest BCUT2D eigenvalue weighted by atomic mass is 35.5. The fourth-order valence-electron chi connectivity index (χ4n) is 4.42. The van der Waals surface area contributed by atoms with E-state index in [1.54, 1.807) is 6.08 Å². The minimum atomic E-state index is -0.361. The smallest absolute Gasteiger partial charge is 0.282 e. The molecule has 30 heavy (non-hydrogen) atoms. The SMILES string of the molecule is Cc1cc2c(cc1-c1ccc(C=C3SC(=O)NC3=O)cc1Cl)C(C)(C)CCC2(C)C. The summed E-state index contributed by atoms with van der Waals surface area (Å²) in [6.45, 7) is 11.4. The predicted octanol–water partition coefficient (Wildman–Crippen LogP) is 6.99. The van der Waals surface area contributed by atoms with Gasteiger partial charge in [-0.2, -0.15) is 0 Å². The second-order valence-electron chi connectivity index (χ2n) is 9.57. The van der Waals surface area contributed by atoms with Gasteiger partial charge in [0.25, 0.3) is 11.1 Å². The van der Waals surface area contributed by atoms with Gasteiger partial charge in [-0.15, -0.1) is 0 Å². The van der Waals surface area contributed by atoms with Crippen molar-refractivity contribution in [3.05, 3.63) is 62.5 Å². The number of benzene rings is 2. The topological polar surface area (TPSA) is 46.2 Å². The molecule has 0 saturated carbocycles. The summed E-state index contributed by atoms with van der Waals surface area (Å²) >= 11 is 7.60. The molecule has 1 N–H and O–H groups in total. The van der Waals surface area contributed by atoms with Crippen molar-refractivity contribution in [2.45, 2.75) is 58.3 Å². The Hall–Kier alpha value is -2.04. The molecule has 2 aromatic carbocycles. The first-order valence-corrected chi connectivity index (χ1v) is 11.4. The van der Waals surface area contributed by atoms with Gasteiger partial charge in [0.15, 0.2) is 0 Å². The van der Waals surface area contributed by atoms with Crippen molar-refractivity contribution in [2.24, 2.45) is 0 Å². The summed E-state index contributed by atoms with van der Waals surface area (Å²) in [6, 6.07) is 10.5. The number of aryl methyl sites for hydroxylation is 1. The van der Waals surface area contributed by atoms with Crippen LogP contribution in [0.2, 0.25) is 5.02 Å². The van der Waals surface area contributed by atoms with E-state index in [9.17, 15) is 9.59 Å². The van der Waals surface area contributed by atoms with Crippen LogP contribution >= 0.6 is 23.4 Å². The fraction of sp³-hybridized carbons (Fsp3) is 0.360. The number of amides is 2. The fourth-order valence-corrected chi connectivity index (χ4v) is 5.40.